The van der Waals surface area contributed by atoms with Crippen LogP contribution in [0.5, 0.6) is 0 Å². The smallest absolute Gasteiger partial charge is 0.201 e. The quantitative estimate of drug-likeness (QED) is 0.584. The molecule has 0 fully saturated rings. The van der Waals surface area contributed by atoms with Crippen molar-refractivity contribution in [2.24, 2.45) is 0 Å². The molecule has 0 saturated carbocycles. The second kappa shape index (κ2) is 5.41. The number of aromatic amines is 1. The molecule has 0 unspecified atom stereocenters. The number of benzene rings is 2. The molecule has 4 rings (SSSR count). The standard InChI is InChI=1S/C18H15N3O/c1-2-6-13(7-3-1)17-11-10-14(22-17)12-19-18-20-15-8-4-5-9-16(15)21-18/h1-11H,12H2,(H2,19,20,21). The van der Waals surface area contributed by atoms with Crippen molar-refractivity contribution in [1.29, 1.82) is 0 Å². The molecule has 108 valence electrons. The van der Waals surface area contributed by atoms with Crippen LogP contribution in [0.25, 0.3) is 22.4 Å². The molecular formula is C18H15N3O. The number of hydrogen-bond donors (Lipinski definition) is 2. The molecule has 0 aliphatic rings. The summed E-state index contributed by atoms with van der Waals surface area (Å²) in [4.78, 5) is 7.72. The summed E-state index contributed by atoms with van der Waals surface area (Å²) >= 11 is 0. The van der Waals surface area contributed by atoms with Crippen LogP contribution in [-0.2, 0) is 6.54 Å². The van der Waals surface area contributed by atoms with Crippen LogP contribution in [0.2, 0.25) is 0 Å². The van der Waals surface area contributed by atoms with Crippen molar-refractivity contribution in [3.8, 4) is 11.3 Å². The van der Waals surface area contributed by atoms with Crippen molar-refractivity contribution in [3.05, 3.63) is 72.5 Å². The van der Waals surface area contributed by atoms with Crippen molar-refractivity contribution in [3.63, 3.8) is 0 Å². The lowest BCUT2D eigenvalue weighted by atomic mass is 10.2. The van der Waals surface area contributed by atoms with Gasteiger partial charge in [0.1, 0.15) is 11.5 Å². The first kappa shape index (κ1) is 12.7. The number of rotatable bonds is 4. The fourth-order valence-electron chi connectivity index (χ4n) is 2.44. The minimum atomic E-state index is 0.590. The third-order valence-electron chi connectivity index (χ3n) is 3.54. The van der Waals surface area contributed by atoms with Crippen molar-refractivity contribution in [1.82, 2.24) is 9.97 Å². The van der Waals surface area contributed by atoms with Crippen LogP contribution in [0, 0.1) is 0 Å². The normalized spacial score (nSPS) is 10.9. The van der Waals surface area contributed by atoms with E-state index < -0.39 is 0 Å². The van der Waals surface area contributed by atoms with Crippen LogP contribution < -0.4 is 5.32 Å². The molecule has 4 aromatic rings. The second-order valence-corrected chi connectivity index (χ2v) is 5.09. The maximum Gasteiger partial charge on any atom is 0.201 e. The van der Waals surface area contributed by atoms with Crippen LogP contribution >= 0.6 is 0 Å². The highest BCUT2D eigenvalue weighted by Crippen LogP contribution is 2.22. The Morgan fingerprint density at radius 2 is 1.73 bits per heavy atom. The highest BCUT2D eigenvalue weighted by Gasteiger charge is 2.06. The Morgan fingerprint density at radius 1 is 0.909 bits per heavy atom. The maximum atomic E-state index is 5.86. The lowest BCUT2D eigenvalue weighted by Crippen LogP contribution is -1.99. The molecule has 2 N–H and O–H groups in total. The molecule has 2 aromatic heterocycles. The minimum absolute atomic E-state index is 0.590. The van der Waals surface area contributed by atoms with Gasteiger partial charge in [-0.25, -0.2) is 4.98 Å². The predicted molar refractivity (Wildman–Crippen MR) is 87.6 cm³/mol. The van der Waals surface area contributed by atoms with E-state index in [1.54, 1.807) is 0 Å². The molecule has 4 heteroatoms. The van der Waals surface area contributed by atoms with Crippen LogP contribution in [0.3, 0.4) is 0 Å². The Hall–Kier alpha value is -3.01. The van der Waals surface area contributed by atoms with Crippen molar-refractivity contribution >= 4 is 17.0 Å². The summed E-state index contributed by atoms with van der Waals surface area (Å²) in [6.45, 7) is 0.590. The lowest BCUT2D eigenvalue weighted by molar-refractivity contribution is 0.531. The first-order chi connectivity index (χ1) is 10.9. The van der Waals surface area contributed by atoms with Crippen LogP contribution in [0.4, 0.5) is 5.95 Å². The molecular weight excluding hydrogens is 274 g/mol. The van der Waals surface area contributed by atoms with Gasteiger partial charge in [-0.15, -0.1) is 0 Å². The van der Waals surface area contributed by atoms with E-state index in [0.717, 1.165) is 34.1 Å². The molecule has 2 aromatic carbocycles. The Balaban J connectivity index is 1.49. The third-order valence-corrected chi connectivity index (χ3v) is 3.54. The van der Waals surface area contributed by atoms with Crippen molar-refractivity contribution in [2.75, 3.05) is 5.32 Å². The van der Waals surface area contributed by atoms with Gasteiger partial charge in [-0.2, -0.15) is 0 Å². The Labute approximate surface area is 127 Å². The number of H-pyrrole nitrogens is 1. The van der Waals surface area contributed by atoms with Gasteiger partial charge in [-0.3, -0.25) is 0 Å². The molecule has 2 heterocycles. The summed E-state index contributed by atoms with van der Waals surface area (Å²) in [7, 11) is 0. The maximum absolute atomic E-state index is 5.86. The summed E-state index contributed by atoms with van der Waals surface area (Å²) in [5.74, 6) is 2.50. The van der Waals surface area contributed by atoms with Gasteiger partial charge >= 0.3 is 0 Å². The van der Waals surface area contributed by atoms with E-state index >= 15 is 0 Å². The zero-order chi connectivity index (χ0) is 14.8. The Bertz CT molecular complexity index is 860. The summed E-state index contributed by atoms with van der Waals surface area (Å²) in [6, 6.07) is 22.0. The zero-order valence-electron chi connectivity index (χ0n) is 11.9. The summed E-state index contributed by atoms with van der Waals surface area (Å²) in [5.41, 5.74) is 3.06. The largest absolute Gasteiger partial charge is 0.459 e. The number of furan rings is 1. The molecule has 0 bridgehead atoms. The van der Waals surface area contributed by atoms with E-state index in [-0.39, 0.29) is 0 Å². The summed E-state index contributed by atoms with van der Waals surface area (Å²) < 4.78 is 5.86. The predicted octanol–water partition coefficient (Wildman–Crippen LogP) is 4.44. The molecule has 22 heavy (non-hydrogen) atoms. The van der Waals surface area contributed by atoms with Gasteiger partial charge in [0, 0.05) is 5.56 Å². The number of para-hydroxylation sites is 2. The molecule has 0 radical (unpaired) electrons. The molecule has 0 aliphatic carbocycles. The topological polar surface area (TPSA) is 53.9 Å². The van der Waals surface area contributed by atoms with E-state index in [1.165, 1.54) is 0 Å². The van der Waals surface area contributed by atoms with Gasteiger partial charge in [0.2, 0.25) is 5.95 Å². The fourth-order valence-corrected chi connectivity index (χ4v) is 2.44. The number of fused-ring (bicyclic) bond motifs is 1. The number of nitrogens with zero attached hydrogens (tertiary/aromatic N) is 1. The molecule has 0 spiro atoms. The number of imidazole rings is 1. The number of aromatic nitrogens is 2. The van der Waals surface area contributed by atoms with Gasteiger partial charge in [-0.1, -0.05) is 42.5 Å². The van der Waals surface area contributed by atoms with E-state index in [4.69, 9.17) is 4.42 Å². The highest BCUT2D eigenvalue weighted by molar-refractivity contribution is 5.77. The van der Waals surface area contributed by atoms with Crippen LogP contribution in [0.1, 0.15) is 5.76 Å². The molecule has 0 amide bonds. The molecule has 0 aliphatic heterocycles. The van der Waals surface area contributed by atoms with Gasteiger partial charge in [0.05, 0.1) is 17.6 Å². The monoisotopic (exact) mass is 289 g/mol. The van der Waals surface area contributed by atoms with Crippen LogP contribution in [0.15, 0.2) is 71.1 Å². The van der Waals surface area contributed by atoms with E-state index in [1.807, 2.05) is 66.7 Å². The SMILES string of the molecule is c1ccc(-c2ccc(CNc3nc4ccccc4[nH]3)o2)cc1. The molecule has 4 nitrogen and oxygen atoms in total. The van der Waals surface area contributed by atoms with Gasteiger partial charge < -0.3 is 14.7 Å². The Morgan fingerprint density at radius 3 is 2.59 bits per heavy atom. The average molecular weight is 289 g/mol. The average Bonchev–Trinajstić information content (AvgIpc) is 3.20. The van der Waals surface area contributed by atoms with Gasteiger partial charge in [0.25, 0.3) is 0 Å². The van der Waals surface area contributed by atoms with Crippen LogP contribution in [-0.4, -0.2) is 9.97 Å². The Kier molecular flexibility index (Phi) is 3.12. The van der Waals surface area contributed by atoms with E-state index in [2.05, 4.69) is 15.3 Å². The number of nitrogens with one attached hydrogen (secondary N) is 2. The number of hydrogen-bond acceptors (Lipinski definition) is 3. The lowest BCUT2D eigenvalue weighted by Gasteiger charge is -2.00. The van der Waals surface area contributed by atoms with E-state index in [9.17, 15) is 0 Å². The first-order valence-corrected chi connectivity index (χ1v) is 7.21. The second-order valence-electron chi connectivity index (χ2n) is 5.09. The number of anilines is 1. The van der Waals surface area contributed by atoms with Gasteiger partial charge in [-0.05, 0) is 24.3 Å². The summed E-state index contributed by atoms with van der Waals surface area (Å²) in [5, 5.41) is 3.25. The highest BCUT2D eigenvalue weighted by atomic mass is 16.3. The minimum Gasteiger partial charge on any atom is -0.459 e. The molecule has 0 atom stereocenters. The zero-order valence-corrected chi connectivity index (χ0v) is 11.9. The fraction of sp³-hybridized carbons (Fsp3) is 0.0556. The third kappa shape index (κ3) is 2.46. The molecule has 0 saturated heterocycles. The first-order valence-electron chi connectivity index (χ1n) is 7.21. The summed E-state index contributed by atoms with van der Waals surface area (Å²) in [6.07, 6.45) is 0. The van der Waals surface area contributed by atoms with Crippen molar-refractivity contribution < 1.29 is 4.42 Å². The van der Waals surface area contributed by atoms with Gasteiger partial charge in [0.15, 0.2) is 0 Å². The van der Waals surface area contributed by atoms with E-state index in [0.29, 0.717) is 6.54 Å². The van der Waals surface area contributed by atoms with Crippen molar-refractivity contribution in [2.45, 2.75) is 6.54 Å².